The molecule has 0 saturated carbocycles. The molecule has 0 atom stereocenters. The summed E-state index contributed by atoms with van der Waals surface area (Å²) in [6, 6.07) is 8.14. The molecule has 0 bridgehead atoms. The second kappa shape index (κ2) is 5.39. The summed E-state index contributed by atoms with van der Waals surface area (Å²) in [6.45, 7) is 1.89. The van der Waals surface area contributed by atoms with Gasteiger partial charge in [0.2, 0.25) is 5.56 Å². The van der Waals surface area contributed by atoms with Crippen LogP contribution in [-0.2, 0) is 0 Å². The number of hydrogen-bond donors (Lipinski definition) is 2. The fourth-order valence-electron chi connectivity index (χ4n) is 1.75. The SMILES string of the molecule is COc1ccc(NC(=O)c2cc[nH]c(=O)c2)cc1C. The molecular formula is C14H14N2O3. The summed E-state index contributed by atoms with van der Waals surface area (Å²) in [5.41, 5.74) is 1.59. The molecule has 0 fully saturated rings. The standard InChI is InChI=1S/C14H14N2O3/c1-9-7-11(3-4-12(9)19-2)16-14(18)10-5-6-15-13(17)8-10/h3-8H,1-2H3,(H,15,17)(H,16,18). The van der Waals surface area contributed by atoms with Crippen LogP contribution in [0.3, 0.4) is 0 Å². The minimum Gasteiger partial charge on any atom is -0.496 e. The van der Waals surface area contributed by atoms with E-state index in [0.29, 0.717) is 11.3 Å². The Morgan fingerprint density at radius 1 is 1.26 bits per heavy atom. The van der Waals surface area contributed by atoms with Crippen LogP contribution in [0.25, 0.3) is 0 Å². The smallest absolute Gasteiger partial charge is 0.255 e. The minimum atomic E-state index is -0.323. The van der Waals surface area contributed by atoms with Crippen LogP contribution in [0.2, 0.25) is 0 Å². The normalized spacial score (nSPS) is 10.0. The highest BCUT2D eigenvalue weighted by Gasteiger charge is 2.07. The monoisotopic (exact) mass is 258 g/mol. The van der Waals surface area contributed by atoms with Crippen molar-refractivity contribution in [2.75, 3.05) is 12.4 Å². The highest BCUT2D eigenvalue weighted by atomic mass is 16.5. The summed E-state index contributed by atoms with van der Waals surface area (Å²) in [7, 11) is 1.59. The number of anilines is 1. The lowest BCUT2D eigenvalue weighted by Crippen LogP contribution is -2.15. The van der Waals surface area contributed by atoms with Gasteiger partial charge in [-0.2, -0.15) is 0 Å². The summed E-state index contributed by atoms with van der Waals surface area (Å²) in [5, 5.41) is 2.73. The van der Waals surface area contributed by atoms with Gasteiger partial charge in [0, 0.05) is 23.5 Å². The summed E-state index contributed by atoms with van der Waals surface area (Å²) < 4.78 is 5.15. The van der Waals surface area contributed by atoms with Crippen LogP contribution >= 0.6 is 0 Å². The van der Waals surface area contributed by atoms with Crippen molar-refractivity contribution in [1.82, 2.24) is 4.98 Å². The van der Waals surface area contributed by atoms with Gasteiger partial charge in [0.05, 0.1) is 7.11 Å². The van der Waals surface area contributed by atoms with Gasteiger partial charge < -0.3 is 15.0 Å². The first-order chi connectivity index (χ1) is 9.10. The van der Waals surface area contributed by atoms with E-state index in [9.17, 15) is 9.59 Å². The molecule has 0 radical (unpaired) electrons. The molecule has 2 aromatic rings. The van der Waals surface area contributed by atoms with Crippen LogP contribution in [0.4, 0.5) is 5.69 Å². The maximum Gasteiger partial charge on any atom is 0.255 e. The van der Waals surface area contributed by atoms with Gasteiger partial charge >= 0.3 is 0 Å². The van der Waals surface area contributed by atoms with Crippen LogP contribution in [0.5, 0.6) is 5.75 Å². The fraction of sp³-hybridized carbons (Fsp3) is 0.143. The molecule has 1 aromatic heterocycles. The maximum absolute atomic E-state index is 11.9. The number of carbonyl (C=O) groups is 1. The molecule has 0 aliphatic heterocycles. The first-order valence-corrected chi connectivity index (χ1v) is 5.75. The number of hydrogen-bond acceptors (Lipinski definition) is 3. The van der Waals surface area contributed by atoms with Crippen molar-refractivity contribution in [2.45, 2.75) is 6.92 Å². The van der Waals surface area contributed by atoms with Crippen LogP contribution in [0, 0.1) is 6.92 Å². The lowest BCUT2D eigenvalue weighted by Gasteiger charge is -2.08. The lowest BCUT2D eigenvalue weighted by atomic mass is 10.2. The number of ether oxygens (including phenoxy) is 1. The molecule has 0 aliphatic rings. The third kappa shape index (κ3) is 3.01. The fourth-order valence-corrected chi connectivity index (χ4v) is 1.75. The molecule has 5 heteroatoms. The number of amides is 1. The maximum atomic E-state index is 11.9. The Balaban J connectivity index is 2.19. The van der Waals surface area contributed by atoms with Crippen molar-refractivity contribution in [2.24, 2.45) is 0 Å². The zero-order valence-electron chi connectivity index (χ0n) is 10.7. The van der Waals surface area contributed by atoms with Crippen LogP contribution in [0.15, 0.2) is 41.3 Å². The molecule has 19 heavy (non-hydrogen) atoms. The average Bonchev–Trinajstić information content (AvgIpc) is 2.39. The van der Waals surface area contributed by atoms with E-state index in [4.69, 9.17) is 4.74 Å². The first kappa shape index (κ1) is 12.9. The van der Waals surface area contributed by atoms with Crippen molar-refractivity contribution < 1.29 is 9.53 Å². The number of nitrogens with one attached hydrogen (secondary N) is 2. The Hall–Kier alpha value is -2.56. The van der Waals surface area contributed by atoms with E-state index in [-0.39, 0.29) is 11.5 Å². The Kier molecular flexibility index (Phi) is 3.66. The molecule has 5 nitrogen and oxygen atoms in total. The quantitative estimate of drug-likeness (QED) is 0.883. The third-order valence-corrected chi connectivity index (χ3v) is 2.69. The van der Waals surface area contributed by atoms with E-state index in [1.165, 1.54) is 12.3 Å². The summed E-state index contributed by atoms with van der Waals surface area (Å²) in [6.07, 6.45) is 1.44. The molecule has 1 amide bonds. The van der Waals surface area contributed by atoms with Crippen molar-refractivity contribution in [3.05, 3.63) is 58.0 Å². The number of carbonyl (C=O) groups excluding carboxylic acids is 1. The van der Waals surface area contributed by atoms with Crippen molar-refractivity contribution in [1.29, 1.82) is 0 Å². The minimum absolute atomic E-state index is 0.307. The summed E-state index contributed by atoms with van der Waals surface area (Å²) in [5.74, 6) is 0.435. The van der Waals surface area contributed by atoms with E-state index in [0.717, 1.165) is 11.3 Å². The molecule has 0 aliphatic carbocycles. The van der Waals surface area contributed by atoms with Crippen LogP contribution in [0.1, 0.15) is 15.9 Å². The Labute approximate surface area is 110 Å². The molecule has 1 heterocycles. The Bertz CT molecular complexity index is 662. The predicted molar refractivity (Wildman–Crippen MR) is 72.7 cm³/mol. The first-order valence-electron chi connectivity index (χ1n) is 5.75. The number of aryl methyl sites for hydroxylation is 1. The van der Waals surface area contributed by atoms with Gasteiger partial charge in [-0.3, -0.25) is 9.59 Å². The zero-order chi connectivity index (χ0) is 13.8. The van der Waals surface area contributed by atoms with E-state index in [1.807, 2.05) is 13.0 Å². The van der Waals surface area contributed by atoms with Crippen molar-refractivity contribution in [3.63, 3.8) is 0 Å². The molecular weight excluding hydrogens is 244 g/mol. The average molecular weight is 258 g/mol. The highest BCUT2D eigenvalue weighted by Crippen LogP contribution is 2.21. The van der Waals surface area contributed by atoms with Gasteiger partial charge in [-0.15, -0.1) is 0 Å². The van der Waals surface area contributed by atoms with Crippen LogP contribution < -0.4 is 15.6 Å². The second-order valence-electron chi connectivity index (χ2n) is 4.08. The number of rotatable bonds is 3. The zero-order valence-corrected chi connectivity index (χ0v) is 10.7. The number of H-pyrrole nitrogens is 1. The molecule has 2 rings (SSSR count). The summed E-state index contributed by atoms with van der Waals surface area (Å²) >= 11 is 0. The van der Waals surface area contributed by atoms with E-state index in [1.54, 1.807) is 25.3 Å². The number of aromatic nitrogens is 1. The van der Waals surface area contributed by atoms with Crippen molar-refractivity contribution in [3.8, 4) is 5.75 Å². The van der Waals surface area contributed by atoms with E-state index in [2.05, 4.69) is 10.3 Å². The number of pyridine rings is 1. The van der Waals surface area contributed by atoms with E-state index >= 15 is 0 Å². The number of aromatic amines is 1. The van der Waals surface area contributed by atoms with Crippen molar-refractivity contribution >= 4 is 11.6 Å². The van der Waals surface area contributed by atoms with Gasteiger partial charge in [0.1, 0.15) is 5.75 Å². The molecule has 0 saturated heterocycles. The lowest BCUT2D eigenvalue weighted by molar-refractivity contribution is 0.102. The van der Waals surface area contributed by atoms with Gasteiger partial charge in [0.15, 0.2) is 0 Å². The van der Waals surface area contributed by atoms with Gasteiger partial charge in [-0.25, -0.2) is 0 Å². The molecule has 98 valence electrons. The number of benzene rings is 1. The number of methoxy groups -OCH3 is 1. The Morgan fingerprint density at radius 2 is 2.05 bits per heavy atom. The largest absolute Gasteiger partial charge is 0.496 e. The van der Waals surface area contributed by atoms with Gasteiger partial charge in [0.25, 0.3) is 5.91 Å². The van der Waals surface area contributed by atoms with Gasteiger partial charge in [-0.05, 0) is 36.8 Å². The third-order valence-electron chi connectivity index (χ3n) is 2.69. The predicted octanol–water partition coefficient (Wildman–Crippen LogP) is 1.94. The molecule has 0 unspecified atom stereocenters. The second-order valence-corrected chi connectivity index (χ2v) is 4.08. The Morgan fingerprint density at radius 3 is 2.68 bits per heavy atom. The molecule has 0 spiro atoms. The van der Waals surface area contributed by atoms with Crippen LogP contribution in [-0.4, -0.2) is 18.0 Å². The summed E-state index contributed by atoms with van der Waals surface area (Å²) in [4.78, 5) is 25.5. The van der Waals surface area contributed by atoms with Gasteiger partial charge in [-0.1, -0.05) is 0 Å². The van der Waals surface area contributed by atoms with E-state index < -0.39 is 0 Å². The highest BCUT2D eigenvalue weighted by molar-refractivity contribution is 6.04. The molecule has 2 N–H and O–H groups in total. The molecule has 1 aromatic carbocycles. The topological polar surface area (TPSA) is 71.2 Å².